The minimum Gasteiger partial charge on any atom is -0.481 e. The van der Waals surface area contributed by atoms with Crippen LogP contribution in [0.5, 0.6) is 0 Å². The maximum Gasteiger partial charge on any atom is 0.308 e. The number of rotatable bonds is 2. The maximum absolute atomic E-state index is 10.9. The lowest BCUT2D eigenvalue weighted by atomic mass is 10.0. The zero-order valence-electron chi connectivity index (χ0n) is 7.56. The van der Waals surface area contributed by atoms with Gasteiger partial charge in [0.15, 0.2) is 0 Å². The highest BCUT2D eigenvalue weighted by Crippen LogP contribution is 2.36. The Balaban J connectivity index is 2.26. The minimum atomic E-state index is -0.751. The predicted molar refractivity (Wildman–Crippen MR) is 51.3 cm³/mol. The van der Waals surface area contributed by atoms with E-state index >= 15 is 0 Å². The van der Waals surface area contributed by atoms with Crippen molar-refractivity contribution < 1.29 is 9.90 Å². The molecule has 0 aliphatic heterocycles. The number of hydrogen-bond donors (Lipinski definition) is 1. The molecular weight excluding hydrogens is 204 g/mol. The van der Waals surface area contributed by atoms with Crippen molar-refractivity contribution in [3.05, 3.63) is 17.4 Å². The lowest BCUT2D eigenvalue weighted by Crippen LogP contribution is -2.22. The van der Waals surface area contributed by atoms with Gasteiger partial charge in [-0.1, -0.05) is 18.0 Å². The van der Waals surface area contributed by atoms with Crippen LogP contribution in [0.1, 0.15) is 25.3 Å². The Labute approximate surface area is 86.5 Å². The molecule has 1 fully saturated rings. The molecule has 76 valence electrons. The Kier molecular flexibility index (Phi) is 2.46. The van der Waals surface area contributed by atoms with Crippen LogP contribution in [0.3, 0.4) is 0 Å². The number of nitrogens with zero attached hydrogens (tertiary/aromatic N) is 2. The largest absolute Gasteiger partial charge is 0.481 e. The highest BCUT2D eigenvalue weighted by Gasteiger charge is 2.35. The number of carboxylic acid groups (broad SMARTS) is 1. The monoisotopic (exact) mass is 214 g/mol. The molecule has 2 rings (SSSR count). The second kappa shape index (κ2) is 3.61. The van der Waals surface area contributed by atoms with Gasteiger partial charge in [-0.25, -0.2) is 0 Å². The fraction of sp³-hybridized carbons (Fsp3) is 0.556. The molecule has 0 aromatic carbocycles. The lowest BCUT2D eigenvalue weighted by Gasteiger charge is -2.16. The van der Waals surface area contributed by atoms with Gasteiger partial charge in [0.05, 0.1) is 18.2 Å². The van der Waals surface area contributed by atoms with Gasteiger partial charge in [-0.2, -0.15) is 5.10 Å². The van der Waals surface area contributed by atoms with E-state index in [0.717, 1.165) is 19.3 Å². The van der Waals surface area contributed by atoms with Gasteiger partial charge in [-0.05, 0) is 18.9 Å². The first-order chi connectivity index (χ1) is 6.70. The van der Waals surface area contributed by atoms with Crippen molar-refractivity contribution in [2.45, 2.75) is 25.3 Å². The Bertz CT molecular complexity index is 350. The van der Waals surface area contributed by atoms with E-state index in [1.165, 1.54) is 0 Å². The Morgan fingerprint density at radius 1 is 1.64 bits per heavy atom. The molecule has 0 radical (unpaired) electrons. The summed E-state index contributed by atoms with van der Waals surface area (Å²) in [5.74, 6) is -1.09. The molecule has 1 aromatic rings. The summed E-state index contributed by atoms with van der Waals surface area (Å²) in [5.41, 5.74) is 0. The van der Waals surface area contributed by atoms with E-state index in [1.54, 1.807) is 16.9 Å². The van der Waals surface area contributed by atoms with E-state index in [2.05, 4.69) is 5.10 Å². The highest BCUT2D eigenvalue weighted by atomic mass is 35.5. The molecule has 1 aromatic heterocycles. The predicted octanol–water partition coefficient (Wildman–Crippen LogP) is 1.96. The molecule has 1 heterocycles. The molecule has 0 amide bonds. The summed E-state index contributed by atoms with van der Waals surface area (Å²) in [6, 6.07) is 1.61. The van der Waals surface area contributed by atoms with Gasteiger partial charge in [0.25, 0.3) is 0 Å². The smallest absolute Gasteiger partial charge is 0.308 e. The Morgan fingerprint density at radius 2 is 2.43 bits per heavy atom. The van der Waals surface area contributed by atoms with Crippen molar-refractivity contribution in [3.63, 3.8) is 0 Å². The van der Waals surface area contributed by atoms with E-state index in [-0.39, 0.29) is 12.0 Å². The summed E-state index contributed by atoms with van der Waals surface area (Å²) in [7, 11) is 0. The summed E-state index contributed by atoms with van der Waals surface area (Å²) < 4.78 is 1.62. The van der Waals surface area contributed by atoms with Crippen molar-refractivity contribution >= 4 is 17.6 Å². The molecule has 14 heavy (non-hydrogen) atoms. The fourth-order valence-electron chi connectivity index (χ4n) is 2.06. The number of aromatic nitrogens is 2. The molecular formula is C9H11ClN2O2. The molecule has 2 atom stereocenters. The fourth-order valence-corrected chi connectivity index (χ4v) is 2.29. The molecule has 2 unspecified atom stereocenters. The third kappa shape index (κ3) is 1.50. The highest BCUT2D eigenvalue weighted by molar-refractivity contribution is 6.29. The van der Waals surface area contributed by atoms with Crippen LogP contribution in [-0.4, -0.2) is 20.9 Å². The van der Waals surface area contributed by atoms with Gasteiger partial charge in [-0.3, -0.25) is 9.48 Å². The topological polar surface area (TPSA) is 55.1 Å². The van der Waals surface area contributed by atoms with Crippen LogP contribution in [0.2, 0.25) is 5.15 Å². The zero-order chi connectivity index (χ0) is 10.1. The number of halogens is 1. The minimum absolute atomic E-state index is 0.0741. The molecule has 1 saturated carbocycles. The first-order valence-corrected chi connectivity index (χ1v) is 5.00. The zero-order valence-corrected chi connectivity index (χ0v) is 8.31. The van der Waals surface area contributed by atoms with Crippen LogP contribution in [0, 0.1) is 5.92 Å². The summed E-state index contributed by atoms with van der Waals surface area (Å²) >= 11 is 5.90. The van der Waals surface area contributed by atoms with Crippen molar-refractivity contribution in [1.29, 1.82) is 0 Å². The van der Waals surface area contributed by atoms with Crippen LogP contribution in [0.25, 0.3) is 0 Å². The number of carboxylic acids is 1. The standard InChI is InChI=1S/C9H11ClN2O2/c10-8-4-5-11-12(8)7-3-1-2-6(7)9(13)14/h4-7H,1-3H2,(H,13,14). The summed E-state index contributed by atoms with van der Waals surface area (Å²) in [6.07, 6.45) is 4.09. The van der Waals surface area contributed by atoms with Crippen molar-refractivity contribution in [1.82, 2.24) is 9.78 Å². The average molecular weight is 215 g/mol. The molecule has 0 saturated heterocycles. The van der Waals surface area contributed by atoms with Crippen LogP contribution >= 0.6 is 11.6 Å². The van der Waals surface area contributed by atoms with Gasteiger partial charge < -0.3 is 5.11 Å². The van der Waals surface area contributed by atoms with Gasteiger partial charge in [0, 0.05) is 0 Å². The molecule has 1 aliphatic carbocycles. The van der Waals surface area contributed by atoms with E-state index in [4.69, 9.17) is 16.7 Å². The lowest BCUT2D eigenvalue weighted by molar-refractivity contribution is -0.142. The van der Waals surface area contributed by atoms with Crippen LogP contribution in [0.15, 0.2) is 12.3 Å². The summed E-state index contributed by atoms with van der Waals surface area (Å²) in [4.78, 5) is 10.9. The third-order valence-electron chi connectivity index (χ3n) is 2.73. The van der Waals surface area contributed by atoms with Gasteiger partial charge in [-0.15, -0.1) is 0 Å². The first kappa shape index (κ1) is 9.52. The first-order valence-electron chi connectivity index (χ1n) is 4.62. The van der Waals surface area contributed by atoms with E-state index in [1.807, 2.05) is 0 Å². The van der Waals surface area contributed by atoms with Gasteiger partial charge in [0.1, 0.15) is 5.15 Å². The van der Waals surface area contributed by atoms with E-state index in [0.29, 0.717) is 5.15 Å². The van der Waals surface area contributed by atoms with Crippen molar-refractivity contribution in [2.75, 3.05) is 0 Å². The normalized spacial score (nSPS) is 26.6. The third-order valence-corrected chi connectivity index (χ3v) is 3.03. The van der Waals surface area contributed by atoms with Gasteiger partial charge >= 0.3 is 5.97 Å². The van der Waals surface area contributed by atoms with E-state index in [9.17, 15) is 4.79 Å². The summed E-state index contributed by atoms with van der Waals surface area (Å²) in [5, 5.41) is 13.6. The van der Waals surface area contributed by atoms with Crippen LogP contribution < -0.4 is 0 Å². The number of hydrogen-bond acceptors (Lipinski definition) is 2. The van der Waals surface area contributed by atoms with E-state index < -0.39 is 5.97 Å². The molecule has 5 heteroatoms. The molecule has 1 aliphatic rings. The Morgan fingerprint density at radius 3 is 3.00 bits per heavy atom. The van der Waals surface area contributed by atoms with Crippen molar-refractivity contribution in [3.8, 4) is 0 Å². The molecule has 0 bridgehead atoms. The molecule has 0 spiro atoms. The maximum atomic E-state index is 10.9. The van der Waals surface area contributed by atoms with Crippen LogP contribution in [0.4, 0.5) is 0 Å². The second-order valence-corrected chi connectivity index (χ2v) is 3.93. The quantitative estimate of drug-likeness (QED) is 0.819. The number of aliphatic carboxylic acids is 1. The van der Waals surface area contributed by atoms with Gasteiger partial charge in [0.2, 0.25) is 0 Å². The Hall–Kier alpha value is -1.03. The summed E-state index contributed by atoms with van der Waals surface area (Å²) in [6.45, 7) is 0. The van der Waals surface area contributed by atoms with Crippen molar-refractivity contribution in [2.24, 2.45) is 5.92 Å². The number of carbonyl (C=O) groups is 1. The molecule has 1 N–H and O–H groups in total. The SMILES string of the molecule is O=C(O)C1CCCC1n1nccc1Cl. The van der Waals surface area contributed by atoms with Crippen LogP contribution in [-0.2, 0) is 4.79 Å². The average Bonchev–Trinajstić information content (AvgIpc) is 2.70. The second-order valence-electron chi connectivity index (χ2n) is 3.54. The molecule has 4 nitrogen and oxygen atoms in total.